The van der Waals surface area contributed by atoms with Crippen LogP contribution in [-0.4, -0.2) is 48.7 Å². The summed E-state index contributed by atoms with van der Waals surface area (Å²) in [5.74, 6) is -1.20. The van der Waals surface area contributed by atoms with Crippen molar-refractivity contribution in [1.82, 2.24) is 4.90 Å². The minimum atomic E-state index is -1.01. The van der Waals surface area contributed by atoms with E-state index in [9.17, 15) is 9.59 Å². The molecule has 0 aromatic carbocycles. The zero-order chi connectivity index (χ0) is 13.0. The molecule has 0 bridgehead atoms. The predicted octanol–water partition coefficient (Wildman–Crippen LogP) is 1.55. The lowest BCUT2D eigenvalue weighted by molar-refractivity contribution is 0.0637. The Bertz CT molecular complexity index is 415. The molecule has 1 N–H and O–H groups in total. The molecule has 6 heteroatoms. The van der Waals surface area contributed by atoms with Gasteiger partial charge in [0.2, 0.25) is 0 Å². The fourth-order valence-corrected chi connectivity index (χ4v) is 2.12. The summed E-state index contributed by atoms with van der Waals surface area (Å²) in [5, 5.41) is 8.78. The van der Waals surface area contributed by atoms with Crippen LogP contribution in [0.4, 0.5) is 0 Å². The van der Waals surface area contributed by atoms with Crippen molar-refractivity contribution in [2.75, 3.05) is 20.8 Å². The van der Waals surface area contributed by atoms with Crippen LogP contribution in [0.25, 0.3) is 0 Å². The number of methoxy groups -OCH3 is 1. The Labute approximate surface area is 104 Å². The van der Waals surface area contributed by atoms with Gasteiger partial charge in [-0.25, -0.2) is 4.79 Å². The van der Waals surface area contributed by atoms with Gasteiger partial charge in [-0.05, 0) is 19.1 Å². The van der Waals surface area contributed by atoms with E-state index in [4.69, 9.17) is 9.84 Å². The van der Waals surface area contributed by atoms with Crippen molar-refractivity contribution in [3.05, 3.63) is 21.9 Å². The number of carboxylic acids is 1. The van der Waals surface area contributed by atoms with Crippen LogP contribution >= 0.6 is 11.3 Å². The predicted molar refractivity (Wildman–Crippen MR) is 64.7 cm³/mol. The van der Waals surface area contributed by atoms with Crippen molar-refractivity contribution in [3.63, 3.8) is 0 Å². The molecule has 1 rings (SSSR count). The summed E-state index contributed by atoms with van der Waals surface area (Å²) in [6.07, 6.45) is 0. The standard InChI is InChI=1S/C11H15NO4S/c1-7(6-16-3)12(2)10(13)8-4-5-9(17-8)11(14)15/h4-5,7H,6H2,1-3H3,(H,14,15). The summed E-state index contributed by atoms with van der Waals surface area (Å²) in [7, 11) is 3.24. The topological polar surface area (TPSA) is 66.8 Å². The van der Waals surface area contributed by atoms with Crippen molar-refractivity contribution < 1.29 is 19.4 Å². The van der Waals surface area contributed by atoms with Crippen molar-refractivity contribution in [2.24, 2.45) is 0 Å². The van der Waals surface area contributed by atoms with Crippen molar-refractivity contribution in [1.29, 1.82) is 0 Å². The Morgan fingerprint density at radius 1 is 1.47 bits per heavy atom. The van der Waals surface area contributed by atoms with Gasteiger partial charge in [-0.15, -0.1) is 11.3 Å². The van der Waals surface area contributed by atoms with E-state index in [1.165, 1.54) is 12.1 Å². The van der Waals surface area contributed by atoms with Gasteiger partial charge in [-0.3, -0.25) is 4.79 Å². The molecule has 1 aromatic heterocycles. The highest BCUT2D eigenvalue weighted by atomic mass is 32.1. The first kappa shape index (κ1) is 13.7. The van der Waals surface area contributed by atoms with E-state index in [2.05, 4.69) is 0 Å². The van der Waals surface area contributed by atoms with E-state index in [0.717, 1.165) is 11.3 Å². The molecule has 1 atom stereocenters. The number of aromatic carboxylic acids is 1. The highest BCUT2D eigenvalue weighted by molar-refractivity contribution is 7.15. The van der Waals surface area contributed by atoms with E-state index >= 15 is 0 Å². The van der Waals surface area contributed by atoms with E-state index in [0.29, 0.717) is 11.5 Å². The maximum absolute atomic E-state index is 12.0. The molecule has 0 aliphatic heterocycles. The van der Waals surface area contributed by atoms with Gasteiger partial charge in [-0.1, -0.05) is 0 Å². The summed E-state index contributed by atoms with van der Waals surface area (Å²) >= 11 is 0.981. The molecule has 0 radical (unpaired) electrons. The quantitative estimate of drug-likeness (QED) is 0.869. The maximum Gasteiger partial charge on any atom is 0.345 e. The number of carbonyl (C=O) groups is 2. The molecule has 0 aliphatic rings. The largest absolute Gasteiger partial charge is 0.477 e. The molecule has 1 aromatic rings. The molecule has 5 nitrogen and oxygen atoms in total. The molecule has 1 heterocycles. The summed E-state index contributed by atoms with van der Waals surface area (Å²) in [4.78, 5) is 24.8. The lowest BCUT2D eigenvalue weighted by Gasteiger charge is -2.23. The summed E-state index contributed by atoms with van der Waals surface area (Å²) in [6, 6.07) is 2.92. The van der Waals surface area contributed by atoms with Gasteiger partial charge < -0.3 is 14.7 Å². The Kier molecular flexibility index (Phi) is 4.65. The highest BCUT2D eigenvalue weighted by Crippen LogP contribution is 2.18. The van der Waals surface area contributed by atoms with E-state index in [1.807, 2.05) is 6.92 Å². The first-order valence-corrected chi connectivity index (χ1v) is 5.88. The first-order chi connectivity index (χ1) is 7.97. The number of ether oxygens (including phenoxy) is 1. The molecular formula is C11H15NO4S. The number of amides is 1. The number of thiophene rings is 1. The van der Waals surface area contributed by atoms with Crippen molar-refractivity contribution in [3.8, 4) is 0 Å². The summed E-state index contributed by atoms with van der Waals surface area (Å²) in [5.41, 5.74) is 0. The lowest BCUT2D eigenvalue weighted by atomic mass is 10.3. The van der Waals surface area contributed by atoms with Crippen molar-refractivity contribution in [2.45, 2.75) is 13.0 Å². The van der Waals surface area contributed by atoms with Crippen molar-refractivity contribution >= 4 is 23.2 Å². The second-order valence-electron chi connectivity index (χ2n) is 3.69. The monoisotopic (exact) mass is 257 g/mol. The van der Waals surface area contributed by atoms with E-state index in [-0.39, 0.29) is 16.8 Å². The smallest absolute Gasteiger partial charge is 0.345 e. The summed E-state index contributed by atoms with van der Waals surface area (Å²) in [6.45, 7) is 2.31. The Hall–Kier alpha value is -1.40. The minimum absolute atomic E-state index is 0.0529. The highest BCUT2D eigenvalue weighted by Gasteiger charge is 2.20. The Balaban J connectivity index is 2.77. The van der Waals surface area contributed by atoms with Crippen LogP contribution in [0.5, 0.6) is 0 Å². The number of rotatable bonds is 5. The van der Waals surface area contributed by atoms with Crippen LogP contribution in [0.15, 0.2) is 12.1 Å². The Morgan fingerprint density at radius 3 is 2.53 bits per heavy atom. The number of nitrogens with zero attached hydrogens (tertiary/aromatic N) is 1. The van der Waals surface area contributed by atoms with Crippen LogP contribution in [0.3, 0.4) is 0 Å². The second-order valence-corrected chi connectivity index (χ2v) is 4.77. The van der Waals surface area contributed by atoms with Gasteiger partial charge in [0.25, 0.3) is 5.91 Å². The molecule has 0 aliphatic carbocycles. The molecular weight excluding hydrogens is 242 g/mol. The van der Waals surface area contributed by atoms with Crippen LogP contribution in [0, 0.1) is 0 Å². The van der Waals surface area contributed by atoms with Crippen LogP contribution in [0.2, 0.25) is 0 Å². The number of hydrogen-bond acceptors (Lipinski definition) is 4. The minimum Gasteiger partial charge on any atom is -0.477 e. The van der Waals surface area contributed by atoms with Crippen LogP contribution in [0.1, 0.15) is 26.3 Å². The van der Waals surface area contributed by atoms with E-state index in [1.54, 1.807) is 19.1 Å². The van der Waals surface area contributed by atoms with Gasteiger partial charge in [0.1, 0.15) is 4.88 Å². The molecule has 94 valence electrons. The molecule has 0 fully saturated rings. The average molecular weight is 257 g/mol. The zero-order valence-corrected chi connectivity index (χ0v) is 10.8. The number of hydrogen-bond donors (Lipinski definition) is 1. The average Bonchev–Trinajstić information content (AvgIpc) is 2.76. The molecule has 0 spiro atoms. The summed E-state index contributed by atoms with van der Waals surface area (Å²) < 4.78 is 4.97. The number of carboxylic acid groups (broad SMARTS) is 1. The van der Waals surface area contributed by atoms with E-state index < -0.39 is 5.97 Å². The third-order valence-corrected chi connectivity index (χ3v) is 3.48. The van der Waals surface area contributed by atoms with Gasteiger partial charge in [0.05, 0.1) is 17.5 Å². The van der Waals surface area contributed by atoms with Crippen LogP contribution < -0.4 is 0 Å². The third-order valence-electron chi connectivity index (χ3n) is 2.42. The molecule has 17 heavy (non-hydrogen) atoms. The second kappa shape index (κ2) is 5.79. The maximum atomic E-state index is 12.0. The van der Waals surface area contributed by atoms with Gasteiger partial charge >= 0.3 is 5.97 Å². The lowest BCUT2D eigenvalue weighted by Crippen LogP contribution is -2.37. The Morgan fingerprint density at radius 2 is 2.06 bits per heavy atom. The first-order valence-electron chi connectivity index (χ1n) is 5.06. The molecule has 1 unspecified atom stereocenters. The fourth-order valence-electron chi connectivity index (χ4n) is 1.29. The number of likely N-dealkylation sites (N-methyl/N-ethyl adjacent to an activating group) is 1. The third kappa shape index (κ3) is 3.28. The molecule has 0 saturated carbocycles. The normalized spacial score (nSPS) is 12.2. The number of carbonyl (C=O) groups excluding carboxylic acids is 1. The molecule has 1 amide bonds. The SMILES string of the molecule is COCC(C)N(C)C(=O)c1ccc(C(=O)O)s1. The van der Waals surface area contributed by atoms with Gasteiger partial charge in [0, 0.05) is 14.2 Å². The van der Waals surface area contributed by atoms with Crippen LogP contribution in [-0.2, 0) is 4.74 Å². The molecule has 0 saturated heterocycles. The fraction of sp³-hybridized carbons (Fsp3) is 0.455. The van der Waals surface area contributed by atoms with Gasteiger partial charge in [0.15, 0.2) is 0 Å². The zero-order valence-electron chi connectivity index (χ0n) is 9.97. The van der Waals surface area contributed by atoms with Gasteiger partial charge in [-0.2, -0.15) is 0 Å².